The summed E-state index contributed by atoms with van der Waals surface area (Å²) >= 11 is 0. The average molecular weight is 249 g/mol. The summed E-state index contributed by atoms with van der Waals surface area (Å²) in [4.78, 5) is 0. The first-order valence-corrected chi connectivity index (χ1v) is 6.06. The Hall–Kier alpha value is -1.75. The van der Waals surface area contributed by atoms with Crippen LogP contribution < -0.4 is 10.1 Å². The number of hydrogen-bond donors (Lipinski definition) is 1. The van der Waals surface area contributed by atoms with Crippen molar-refractivity contribution >= 4 is 0 Å². The molecule has 0 aromatic carbocycles. The maximum Gasteiger partial charge on any atom is 0.157 e. The first-order chi connectivity index (χ1) is 8.63. The minimum absolute atomic E-state index is 0.424. The number of rotatable bonds is 6. The van der Waals surface area contributed by atoms with Crippen LogP contribution in [0, 0.1) is 0 Å². The zero-order valence-corrected chi connectivity index (χ0v) is 11.0. The summed E-state index contributed by atoms with van der Waals surface area (Å²) in [6.07, 6.45) is 3.51. The van der Waals surface area contributed by atoms with Crippen LogP contribution in [0.2, 0.25) is 0 Å². The van der Waals surface area contributed by atoms with Gasteiger partial charge >= 0.3 is 0 Å². The van der Waals surface area contributed by atoms with Crippen LogP contribution in [-0.4, -0.2) is 15.8 Å². The van der Waals surface area contributed by atoms with E-state index < -0.39 is 0 Å². The number of aromatic nitrogens is 2. The van der Waals surface area contributed by atoms with Crippen molar-refractivity contribution in [2.24, 2.45) is 7.05 Å². The summed E-state index contributed by atoms with van der Waals surface area (Å²) in [6.45, 7) is 5.38. The lowest BCUT2D eigenvalue weighted by Crippen LogP contribution is -2.21. The summed E-state index contributed by atoms with van der Waals surface area (Å²) < 4.78 is 12.9. The molecule has 1 N–H and O–H groups in total. The van der Waals surface area contributed by atoms with E-state index in [1.165, 1.54) is 0 Å². The van der Waals surface area contributed by atoms with E-state index in [2.05, 4.69) is 24.3 Å². The van der Waals surface area contributed by atoms with Gasteiger partial charge in [-0.1, -0.05) is 13.8 Å². The van der Waals surface area contributed by atoms with Crippen molar-refractivity contribution in [2.75, 3.05) is 0 Å². The first-order valence-electron chi connectivity index (χ1n) is 6.06. The number of furan rings is 1. The van der Waals surface area contributed by atoms with E-state index in [-0.39, 0.29) is 0 Å². The van der Waals surface area contributed by atoms with Crippen molar-refractivity contribution in [1.29, 1.82) is 0 Å². The van der Waals surface area contributed by atoms with Gasteiger partial charge in [0.2, 0.25) is 0 Å². The molecule has 5 nitrogen and oxygen atoms in total. The fourth-order valence-corrected chi connectivity index (χ4v) is 1.53. The van der Waals surface area contributed by atoms with Gasteiger partial charge in [-0.15, -0.1) is 0 Å². The van der Waals surface area contributed by atoms with Gasteiger partial charge in [-0.3, -0.25) is 4.68 Å². The maximum atomic E-state index is 5.65. The molecule has 0 aliphatic heterocycles. The van der Waals surface area contributed by atoms with Gasteiger partial charge in [-0.05, 0) is 12.1 Å². The highest BCUT2D eigenvalue weighted by Gasteiger charge is 2.04. The minimum Gasteiger partial charge on any atom is -0.482 e. The topological polar surface area (TPSA) is 52.2 Å². The van der Waals surface area contributed by atoms with Gasteiger partial charge in [0.1, 0.15) is 18.1 Å². The summed E-state index contributed by atoms with van der Waals surface area (Å²) in [5.74, 6) is 2.49. The van der Waals surface area contributed by atoms with Crippen LogP contribution in [0.1, 0.15) is 25.4 Å². The second-order valence-corrected chi connectivity index (χ2v) is 4.54. The van der Waals surface area contributed by atoms with E-state index in [1.54, 1.807) is 10.9 Å². The average Bonchev–Trinajstić information content (AvgIpc) is 2.93. The van der Waals surface area contributed by atoms with Crippen LogP contribution in [0.5, 0.6) is 5.75 Å². The van der Waals surface area contributed by atoms with Gasteiger partial charge in [-0.25, -0.2) is 0 Å². The van der Waals surface area contributed by atoms with E-state index in [9.17, 15) is 0 Å². The fraction of sp³-hybridized carbons (Fsp3) is 0.462. The normalized spacial score (nSPS) is 11.1. The van der Waals surface area contributed by atoms with Gasteiger partial charge in [-0.2, -0.15) is 5.10 Å². The lowest BCUT2D eigenvalue weighted by Gasteiger charge is -2.05. The van der Waals surface area contributed by atoms with Crippen LogP contribution in [0.15, 0.2) is 28.9 Å². The molecule has 2 aromatic rings. The second-order valence-electron chi connectivity index (χ2n) is 4.54. The number of hydrogen-bond acceptors (Lipinski definition) is 4. The predicted octanol–water partition coefficient (Wildman–Crippen LogP) is 2.09. The molecule has 2 aromatic heterocycles. The number of ether oxygens (including phenoxy) is 1. The lowest BCUT2D eigenvalue weighted by atomic mass is 10.3. The van der Waals surface area contributed by atoms with Crippen LogP contribution in [0.25, 0.3) is 0 Å². The molecule has 0 bridgehead atoms. The largest absolute Gasteiger partial charge is 0.482 e. The molecule has 0 saturated heterocycles. The molecule has 18 heavy (non-hydrogen) atoms. The molecule has 0 fully saturated rings. The van der Waals surface area contributed by atoms with Gasteiger partial charge < -0.3 is 14.5 Å². The Morgan fingerprint density at radius 3 is 2.83 bits per heavy atom. The highest BCUT2D eigenvalue weighted by Crippen LogP contribution is 2.13. The van der Waals surface area contributed by atoms with E-state index in [4.69, 9.17) is 9.15 Å². The summed E-state index contributed by atoms with van der Waals surface area (Å²) in [6, 6.07) is 4.36. The molecule has 0 unspecified atom stereocenters. The van der Waals surface area contributed by atoms with Gasteiger partial charge in [0, 0.05) is 13.1 Å². The molecular formula is C13H19N3O2. The maximum absolute atomic E-state index is 5.65. The Labute approximate surface area is 107 Å². The zero-order valence-electron chi connectivity index (χ0n) is 11.0. The third-order valence-corrected chi connectivity index (χ3v) is 2.46. The first kappa shape index (κ1) is 12.7. The zero-order chi connectivity index (χ0) is 13.0. The summed E-state index contributed by atoms with van der Waals surface area (Å²) in [5.41, 5.74) is 0. The van der Waals surface area contributed by atoms with Crippen LogP contribution in [0.3, 0.4) is 0 Å². The highest BCUT2D eigenvalue weighted by molar-refractivity contribution is 5.13. The van der Waals surface area contributed by atoms with Gasteiger partial charge in [0.15, 0.2) is 5.75 Å². The number of nitrogens with zero attached hydrogens (tertiary/aromatic N) is 2. The third kappa shape index (κ3) is 3.63. The Morgan fingerprint density at radius 2 is 2.17 bits per heavy atom. The van der Waals surface area contributed by atoms with Crippen molar-refractivity contribution in [1.82, 2.24) is 15.1 Å². The smallest absolute Gasteiger partial charge is 0.157 e. The fourth-order valence-electron chi connectivity index (χ4n) is 1.53. The quantitative estimate of drug-likeness (QED) is 0.851. The summed E-state index contributed by atoms with van der Waals surface area (Å²) in [5, 5.41) is 7.34. The minimum atomic E-state index is 0.424. The molecule has 0 spiro atoms. The molecule has 2 rings (SSSR count). The SMILES string of the molecule is CC(C)NCc1ccc(COc2cnn(C)c2)o1. The molecule has 98 valence electrons. The molecule has 0 saturated carbocycles. The van der Waals surface area contributed by atoms with Crippen molar-refractivity contribution in [2.45, 2.75) is 33.0 Å². The van der Waals surface area contributed by atoms with E-state index >= 15 is 0 Å². The highest BCUT2D eigenvalue weighted by atomic mass is 16.5. The van der Waals surface area contributed by atoms with E-state index in [0.717, 1.165) is 23.8 Å². The molecule has 2 heterocycles. The van der Waals surface area contributed by atoms with Crippen molar-refractivity contribution in [3.05, 3.63) is 36.0 Å². The van der Waals surface area contributed by atoms with Gasteiger partial charge in [0.05, 0.1) is 18.9 Å². The molecule has 0 atom stereocenters. The van der Waals surface area contributed by atoms with Crippen LogP contribution in [0.4, 0.5) is 0 Å². The molecule has 0 radical (unpaired) electrons. The lowest BCUT2D eigenvalue weighted by molar-refractivity contribution is 0.264. The Balaban J connectivity index is 1.83. The Morgan fingerprint density at radius 1 is 1.39 bits per heavy atom. The molecule has 0 aliphatic carbocycles. The van der Waals surface area contributed by atoms with Crippen LogP contribution >= 0.6 is 0 Å². The monoisotopic (exact) mass is 249 g/mol. The number of aryl methyl sites for hydroxylation is 1. The molecule has 0 aliphatic rings. The second kappa shape index (κ2) is 5.73. The standard InChI is InChI=1S/C13H19N3O2/c1-10(2)14-6-11-4-5-12(18-11)9-17-13-7-15-16(3)8-13/h4-5,7-8,10,14H,6,9H2,1-3H3. The molecule has 5 heteroatoms. The van der Waals surface area contributed by atoms with E-state index in [1.807, 2.05) is 25.4 Å². The van der Waals surface area contributed by atoms with Crippen molar-refractivity contribution in [3.63, 3.8) is 0 Å². The van der Waals surface area contributed by atoms with E-state index in [0.29, 0.717) is 12.6 Å². The van der Waals surface area contributed by atoms with Crippen molar-refractivity contribution < 1.29 is 9.15 Å². The third-order valence-electron chi connectivity index (χ3n) is 2.46. The Bertz CT molecular complexity index is 488. The molecular weight excluding hydrogens is 230 g/mol. The Kier molecular flexibility index (Phi) is 4.04. The van der Waals surface area contributed by atoms with Gasteiger partial charge in [0.25, 0.3) is 0 Å². The predicted molar refractivity (Wildman–Crippen MR) is 68.2 cm³/mol. The number of nitrogens with one attached hydrogen (secondary N) is 1. The van der Waals surface area contributed by atoms with Crippen LogP contribution in [-0.2, 0) is 20.2 Å². The summed E-state index contributed by atoms with van der Waals surface area (Å²) in [7, 11) is 1.86. The molecule has 0 amide bonds. The van der Waals surface area contributed by atoms with Crippen molar-refractivity contribution in [3.8, 4) is 5.75 Å².